The van der Waals surface area contributed by atoms with Crippen LogP contribution in [0.1, 0.15) is 52.6 Å². The summed E-state index contributed by atoms with van der Waals surface area (Å²) in [6, 6.07) is 0.378. The first kappa shape index (κ1) is 12.6. The highest BCUT2D eigenvalue weighted by Gasteiger charge is 2.06. The Kier molecular flexibility index (Phi) is 4.40. The van der Waals surface area contributed by atoms with Gasteiger partial charge < -0.3 is 0 Å². The third kappa shape index (κ3) is 3.29. The molecule has 0 spiro atoms. The molecule has 0 bridgehead atoms. The van der Waals surface area contributed by atoms with Gasteiger partial charge in [-0.25, -0.2) is 0 Å². The van der Waals surface area contributed by atoms with Gasteiger partial charge in [0.05, 0.1) is 11.9 Å². The summed E-state index contributed by atoms with van der Waals surface area (Å²) in [5.41, 5.74) is 3.00. The molecule has 16 heavy (non-hydrogen) atoms. The van der Waals surface area contributed by atoms with E-state index in [2.05, 4.69) is 36.1 Å². The molecule has 0 saturated heterocycles. The zero-order valence-corrected chi connectivity index (χ0v) is 10.7. The Morgan fingerprint density at radius 2 is 2.06 bits per heavy atom. The molecule has 0 aliphatic carbocycles. The molecular weight excluding hydrogens is 200 g/mol. The molecule has 0 aliphatic heterocycles. The van der Waals surface area contributed by atoms with E-state index in [0.717, 1.165) is 23.4 Å². The molecule has 1 aromatic heterocycles. The van der Waals surface area contributed by atoms with E-state index in [1.54, 1.807) is 0 Å². The SMILES string of the molecule is CC/C(=N\N=C(C)C)c1cnn(C(C)C)c1. The zero-order chi connectivity index (χ0) is 12.1. The van der Waals surface area contributed by atoms with Crippen LogP contribution in [0.15, 0.2) is 22.6 Å². The summed E-state index contributed by atoms with van der Waals surface area (Å²) in [4.78, 5) is 0. The van der Waals surface area contributed by atoms with Crippen LogP contribution in [0.25, 0.3) is 0 Å². The highest BCUT2D eigenvalue weighted by molar-refractivity contribution is 6.00. The first-order chi connectivity index (χ1) is 7.54. The second-order valence-corrected chi connectivity index (χ2v) is 4.25. The van der Waals surface area contributed by atoms with Gasteiger partial charge in [-0.1, -0.05) is 6.92 Å². The van der Waals surface area contributed by atoms with Gasteiger partial charge in [-0.15, -0.1) is 0 Å². The van der Waals surface area contributed by atoms with Gasteiger partial charge in [0.1, 0.15) is 0 Å². The second-order valence-electron chi connectivity index (χ2n) is 4.25. The van der Waals surface area contributed by atoms with Gasteiger partial charge in [0.2, 0.25) is 0 Å². The largest absolute Gasteiger partial charge is 0.270 e. The second kappa shape index (κ2) is 5.58. The molecule has 0 aliphatic rings. The Hall–Kier alpha value is -1.45. The third-order valence-corrected chi connectivity index (χ3v) is 2.17. The lowest BCUT2D eigenvalue weighted by Crippen LogP contribution is -2.01. The lowest BCUT2D eigenvalue weighted by molar-refractivity contribution is 0.532. The average molecular weight is 220 g/mol. The maximum absolute atomic E-state index is 4.30. The van der Waals surface area contributed by atoms with Crippen molar-refractivity contribution in [3.63, 3.8) is 0 Å². The summed E-state index contributed by atoms with van der Waals surface area (Å²) in [6.45, 7) is 10.2. The first-order valence-corrected chi connectivity index (χ1v) is 5.66. The van der Waals surface area contributed by atoms with Crippen LogP contribution in [-0.4, -0.2) is 21.2 Å². The molecule has 0 N–H and O–H groups in total. The van der Waals surface area contributed by atoms with Crippen LogP contribution in [0.2, 0.25) is 0 Å². The van der Waals surface area contributed by atoms with Gasteiger partial charge >= 0.3 is 0 Å². The van der Waals surface area contributed by atoms with Gasteiger partial charge in [0.15, 0.2) is 0 Å². The van der Waals surface area contributed by atoms with E-state index in [1.165, 1.54) is 0 Å². The van der Waals surface area contributed by atoms with E-state index in [9.17, 15) is 0 Å². The van der Waals surface area contributed by atoms with E-state index in [1.807, 2.05) is 30.9 Å². The van der Waals surface area contributed by atoms with Crippen molar-refractivity contribution in [1.82, 2.24) is 9.78 Å². The van der Waals surface area contributed by atoms with E-state index in [4.69, 9.17) is 0 Å². The summed E-state index contributed by atoms with van der Waals surface area (Å²) in [7, 11) is 0. The Morgan fingerprint density at radius 3 is 2.50 bits per heavy atom. The van der Waals surface area contributed by atoms with Crippen LogP contribution >= 0.6 is 0 Å². The Morgan fingerprint density at radius 1 is 1.38 bits per heavy atom. The predicted octanol–water partition coefficient (Wildman–Crippen LogP) is 3.06. The van der Waals surface area contributed by atoms with Crippen molar-refractivity contribution in [2.75, 3.05) is 0 Å². The van der Waals surface area contributed by atoms with Gasteiger partial charge in [-0.2, -0.15) is 15.3 Å². The van der Waals surface area contributed by atoms with E-state index >= 15 is 0 Å². The van der Waals surface area contributed by atoms with E-state index in [-0.39, 0.29) is 0 Å². The van der Waals surface area contributed by atoms with Crippen molar-refractivity contribution in [2.45, 2.75) is 47.1 Å². The summed E-state index contributed by atoms with van der Waals surface area (Å²) in [5, 5.41) is 12.6. The lowest BCUT2D eigenvalue weighted by atomic mass is 10.2. The molecule has 0 amide bonds. The third-order valence-electron chi connectivity index (χ3n) is 2.17. The summed E-state index contributed by atoms with van der Waals surface area (Å²) >= 11 is 0. The quantitative estimate of drug-likeness (QED) is 0.568. The van der Waals surface area contributed by atoms with E-state index < -0.39 is 0 Å². The minimum Gasteiger partial charge on any atom is -0.270 e. The molecular formula is C12H20N4. The van der Waals surface area contributed by atoms with Gasteiger partial charge in [-0.3, -0.25) is 4.68 Å². The van der Waals surface area contributed by atoms with Crippen LogP contribution in [0.4, 0.5) is 0 Å². The van der Waals surface area contributed by atoms with Crippen LogP contribution in [0, 0.1) is 0 Å². The smallest absolute Gasteiger partial charge is 0.0731 e. The van der Waals surface area contributed by atoms with Crippen LogP contribution in [0.5, 0.6) is 0 Å². The van der Waals surface area contributed by atoms with Gasteiger partial charge in [0.25, 0.3) is 0 Å². The topological polar surface area (TPSA) is 42.5 Å². The molecule has 1 rings (SSSR count). The van der Waals surface area contributed by atoms with Crippen molar-refractivity contribution in [3.05, 3.63) is 18.0 Å². The molecule has 0 atom stereocenters. The molecule has 88 valence electrons. The maximum atomic E-state index is 4.30. The molecule has 0 radical (unpaired) electrons. The fourth-order valence-corrected chi connectivity index (χ4v) is 1.26. The first-order valence-electron chi connectivity index (χ1n) is 5.66. The Bertz CT molecular complexity index is 395. The van der Waals surface area contributed by atoms with Crippen LogP contribution in [-0.2, 0) is 0 Å². The summed E-state index contributed by atoms with van der Waals surface area (Å²) in [6.07, 6.45) is 4.73. The van der Waals surface area contributed by atoms with Crippen LogP contribution in [0.3, 0.4) is 0 Å². The average Bonchev–Trinajstić information content (AvgIpc) is 2.67. The molecule has 1 aromatic rings. The molecule has 1 heterocycles. The molecule has 4 nitrogen and oxygen atoms in total. The number of hydrogen-bond donors (Lipinski definition) is 0. The fourth-order valence-electron chi connectivity index (χ4n) is 1.26. The summed E-state index contributed by atoms with van der Waals surface area (Å²) in [5.74, 6) is 0. The zero-order valence-electron chi connectivity index (χ0n) is 10.7. The minimum atomic E-state index is 0.378. The number of rotatable bonds is 4. The van der Waals surface area contributed by atoms with Gasteiger partial charge in [0, 0.05) is 23.5 Å². The van der Waals surface area contributed by atoms with Gasteiger partial charge in [-0.05, 0) is 34.1 Å². The Labute approximate surface area is 97.1 Å². The van der Waals surface area contributed by atoms with Crippen LogP contribution < -0.4 is 0 Å². The standard InChI is InChI=1S/C12H20N4/c1-6-12(15-14-9(2)3)11-7-13-16(8-11)10(4)5/h7-8,10H,6H2,1-5H3/b15-12+. The number of nitrogens with zero attached hydrogens (tertiary/aromatic N) is 4. The molecule has 4 heteroatoms. The van der Waals surface area contributed by atoms with Crippen molar-refractivity contribution in [1.29, 1.82) is 0 Å². The van der Waals surface area contributed by atoms with Crippen molar-refractivity contribution in [2.24, 2.45) is 10.2 Å². The monoisotopic (exact) mass is 220 g/mol. The van der Waals surface area contributed by atoms with E-state index in [0.29, 0.717) is 6.04 Å². The molecule has 0 saturated carbocycles. The normalized spacial score (nSPS) is 12.0. The summed E-state index contributed by atoms with van der Waals surface area (Å²) < 4.78 is 1.93. The predicted molar refractivity (Wildman–Crippen MR) is 68.2 cm³/mol. The van der Waals surface area contributed by atoms with Crippen molar-refractivity contribution in [3.8, 4) is 0 Å². The molecule has 0 unspecified atom stereocenters. The van der Waals surface area contributed by atoms with Crippen molar-refractivity contribution < 1.29 is 0 Å². The maximum Gasteiger partial charge on any atom is 0.0731 e. The Balaban J connectivity index is 2.95. The molecule has 0 aromatic carbocycles. The highest BCUT2D eigenvalue weighted by Crippen LogP contribution is 2.08. The van der Waals surface area contributed by atoms with Crippen molar-refractivity contribution >= 4 is 11.4 Å². The minimum absolute atomic E-state index is 0.378. The highest BCUT2D eigenvalue weighted by atomic mass is 15.3. The number of aromatic nitrogens is 2. The number of hydrogen-bond acceptors (Lipinski definition) is 3. The lowest BCUT2D eigenvalue weighted by Gasteiger charge is -2.03. The fraction of sp³-hybridized carbons (Fsp3) is 0.583. The molecule has 0 fully saturated rings.